The van der Waals surface area contributed by atoms with E-state index in [0.717, 1.165) is 22.2 Å². The van der Waals surface area contributed by atoms with Crippen molar-refractivity contribution in [1.29, 1.82) is 0 Å². The smallest absolute Gasteiger partial charge is 0.293 e. The van der Waals surface area contributed by atoms with Gasteiger partial charge in [-0.05, 0) is 72.3 Å². The fourth-order valence-electron chi connectivity index (χ4n) is 3.64. The molecule has 1 heterocycles. The van der Waals surface area contributed by atoms with Crippen LogP contribution in [0.4, 0.5) is 10.5 Å². The largest absolute Gasteiger partial charge is 0.493 e. The summed E-state index contributed by atoms with van der Waals surface area (Å²) in [7, 11) is 1.44. The van der Waals surface area contributed by atoms with E-state index in [-0.39, 0.29) is 52.3 Å². The van der Waals surface area contributed by atoms with Gasteiger partial charge in [-0.3, -0.25) is 19.3 Å². The molecule has 3 aromatic rings. The van der Waals surface area contributed by atoms with Crippen LogP contribution in [0, 0.1) is 6.92 Å². The summed E-state index contributed by atoms with van der Waals surface area (Å²) in [5.41, 5.74) is 2.21. The Bertz CT molecular complexity index is 1380. The molecule has 1 saturated heterocycles. The summed E-state index contributed by atoms with van der Waals surface area (Å²) in [5.74, 6) is 0.355. The predicted octanol–water partition coefficient (Wildman–Crippen LogP) is 5.79. The van der Waals surface area contributed by atoms with Gasteiger partial charge in [-0.25, -0.2) is 0 Å². The van der Waals surface area contributed by atoms with Crippen LogP contribution in [-0.2, 0) is 9.59 Å². The molecule has 4 rings (SSSR count). The normalized spacial score (nSPS) is 14.1. The molecule has 0 atom stereocenters. The lowest BCUT2D eigenvalue weighted by atomic mass is 10.1. The van der Waals surface area contributed by atoms with Crippen LogP contribution in [0.3, 0.4) is 0 Å². The standard InChI is InChI=1S/C28H25ClN2O6S/c1-18-7-6-8-20(13-18)30-25(32)17-37-26-22(29)14-19(15-23(26)35-2)16-24-27(33)31(28(34)38-24)11-12-36-21-9-4-3-5-10-21/h3-10,13-16H,11-12,17H2,1-2H3,(H,30,32)/b24-16-. The molecule has 0 aromatic heterocycles. The molecule has 0 spiro atoms. The zero-order valence-corrected chi connectivity index (χ0v) is 22.3. The number of hydrogen-bond donors (Lipinski definition) is 1. The molecule has 1 fully saturated rings. The van der Waals surface area contributed by atoms with E-state index < -0.39 is 5.91 Å². The molecule has 0 saturated carbocycles. The highest BCUT2D eigenvalue weighted by molar-refractivity contribution is 8.18. The van der Waals surface area contributed by atoms with Crippen molar-refractivity contribution in [2.75, 3.05) is 32.2 Å². The minimum absolute atomic E-state index is 0.123. The number of imide groups is 1. The molecule has 10 heteroatoms. The third kappa shape index (κ3) is 6.87. The van der Waals surface area contributed by atoms with Crippen LogP contribution < -0.4 is 19.5 Å². The number of amides is 3. The van der Waals surface area contributed by atoms with E-state index in [1.54, 1.807) is 36.4 Å². The summed E-state index contributed by atoms with van der Waals surface area (Å²) < 4.78 is 16.7. The van der Waals surface area contributed by atoms with Gasteiger partial charge in [0.1, 0.15) is 12.4 Å². The van der Waals surface area contributed by atoms with Gasteiger partial charge in [0, 0.05) is 5.69 Å². The van der Waals surface area contributed by atoms with Gasteiger partial charge in [-0.15, -0.1) is 0 Å². The third-order valence-electron chi connectivity index (χ3n) is 5.40. The Morgan fingerprint density at radius 1 is 1.05 bits per heavy atom. The monoisotopic (exact) mass is 552 g/mol. The van der Waals surface area contributed by atoms with Crippen LogP contribution in [0.1, 0.15) is 11.1 Å². The van der Waals surface area contributed by atoms with Gasteiger partial charge in [0.15, 0.2) is 18.1 Å². The summed E-state index contributed by atoms with van der Waals surface area (Å²) in [6.07, 6.45) is 1.56. The van der Waals surface area contributed by atoms with E-state index in [4.69, 9.17) is 25.8 Å². The van der Waals surface area contributed by atoms with Crippen LogP contribution in [0.15, 0.2) is 71.6 Å². The zero-order valence-electron chi connectivity index (χ0n) is 20.7. The molecule has 0 unspecified atom stereocenters. The fraction of sp³-hybridized carbons (Fsp3) is 0.179. The maximum Gasteiger partial charge on any atom is 0.293 e. The summed E-state index contributed by atoms with van der Waals surface area (Å²) in [4.78, 5) is 39.0. The Balaban J connectivity index is 1.40. The first-order valence-corrected chi connectivity index (χ1v) is 12.8. The van der Waals surface area contributed by atoms with Crippen molar-refractivity contribution in [1.82, 2.24) is 4.90 Å². The number of hydrogen-bond acceptors (Lipinski definition) is 7. The number of carbonyl (C=O) groups excluding carboxylic acids is 3. The zero-order chi connectivity index (χ0) is 27.1. The second kappa shape index (κ2) is 12.5. The Morgan fingerprint density at radius 2 is 1.84 bits per heavy atom. The molecule has 3 amide bonds. The van der Waals surface area contributed by atoms with Crippen LogP contribution >= 0.6 is 23.4 Å². The fourth-order valence-corrected chi connectivity index (χ4v) is 4.78. The Hall–Kier alpha value is -3.95. The van der Waals surface area contributed by atoms with Gasteiger partial charge in [-0.1, -0.05) is 41.9 Å². The first-order valence-electron chi connectivity index (χ1n) is 11.6. The number of ether oxygens (including phenoxy) is 3. The topological polar surface area (TPSA) is 94.2 Å². The summed E-state index contributed by atoms with van der Waals surface area (Å²) >= 11 is 7.27. The molecule has 3 aromatic carbocycles. The van der Waals surface area contributed by atoms with Crippen LogP contribution in [0.25, 0.3) is 6.08 Å². The number of methoxy groups -OCH3 is 1. The molecule has 196 valence electrons. The predicted molar refractivity (Wildman–Crippen MR) is 148 cm³/mol. The van der Waals surface area contributed by atoms with Crippen LogP contribution in [0.5, 0.6) is 17.2 Å². The first kappa shape index (κ1) is 27.1. The SMILES string of the molecule is COc1cc(/C=C2\SC(=O)N(CCOc3ccccc3)C2=O)cc(Cl)c1OCC(=O)Nc1cccc(C)c1. The highest BCUT2D eigenvalue weighted by Gasteiger charge is 2.35. The van der Waals surface area contributed by atoms with Crippen molar-refractivity contribution in [2.24, 2.45) is 0 Å². The number of carbonyl (C=O) groups is 3. The maximum absolute atomic E-state index is 12.8. The van der Waals surface area contributed by atoms with Crippen molar-refractivity contribution >= 4 is 52.2 Å². The van der Waals surface area contributed by atoms with Gasteiger partial charge < -0.3 is 19.5 Å². The molecule has 1 aliphatic heterocycles. The van der Waals surface area contributed by atoms with E-state index in [2.05, 4.69) is 5.32 Å². The highest BCUT2D eigenvalue weighted by Crippen LogP contribution is 2.39. The molecule has 0 bridgehead atoms. The number of thioether (sulfide) groups is 1. The average molecular weight is 553 g/mol. The Morgan fingerprint density at radius 3 is 2.58 bits per heavy atom. The number of aryl methyl sites for hydroxylation is 1. The molecule has 0 aliphatic carbocycles. The maximum atomic E-state index is 12.8. The van der Waals surface area contributed by atoms with Gasteiger partial charge in [0.25, 0.3) is 17.1 Å². The lowest BCUT2D eigenvalue weighted by Gasteiger charge is -2.14. The third-order valence-corrected chi connectivity index (χ3v) is 6.59. The molecular formula is C28H25ClN2O6S. The molecule has 0 radical (unpaired) electrons. The van der Waals surface area contributed by atoms with Gasteiger partial charge in [-0.2, -0.15) is 0 Å². The first-order chi connectivity index (χ1) is 18.3. The summed E-state index contributed by atoms with van der Waals surface area (Å²) in [5, 5.41) is 2.57. The highest BCUT2D eigenvalue weighted by atomic mass is 35.5. The molecule has 1 aliphatic rings. The summed E-state index contributed by atoms with van der Waals surface area (Å²) in [6, 6.07) is 19.8. The van der Waals surface area contributed by atoms with Gasteiger partial charge in [0.05, 0.1) is 23.6 Å². The summed E-state index contributed by atoms with van der Waals surface area (Å²) in [6.45, 7) is 1.95. The van der Waals surface area contributed by atoms with Gasteiger partial charge >= 0.3 is 0 Å². The van der Waals surface area contributed by atoms with Crippen LogP contribution in [0.2, 0.25) is 5.02 Å². The number of nitrogens with zero attached hydrogens (tertiary/aromatic N) is 1. The number of para-hydroxylation sites is 1. The second-order valence-electron chi connectivity index (χ2n) is 8.24. The molecule has 8 nitrogen and oxygen atoms in total. The van der Waals surface area contributed by atoms with Crippen molar-refractivity contribution in [2.45, 2.75) is 6.92 Å². The van der Waals surface area contributed by atoms with E-state index in [0.29, 0.717) is 17.0 Å². The second-order valence-corrected chi connectivity index (χ2v) is 9.64. The van der Waals surface area contributed by atoms with Crippen molar-refractivity contribution < 1.29 is 28.6 Å². The lowest BCUT2D eigenvalue weighted by molar-refractivity contribution is -0.123. The number of anilines is 1. The van der Waals surface area contributed by atoms with E-state index >= 15 is 0 Å². The van der Waals surface area contributed by atoms with Crippen LogP contribution in [-0.4, -0.2) is 48.8 Å². The van der Waals surface area contributed by atoms with Crippen molar-refractivity contribution in [3.8, 4) is 17.2 Å². The van der Waals surface area contributed by atoms with Gasteiger partial charge in [0.2, 0.25) is 0 Å². The number of halogens is 1. The molecule has 38 heavy (non-hydrogen) atoms. The Kier molecular flexibility index (Phi) is 8.93. The minimum Gasteiger partial charge on any atom is -0.493 e. The number of nitrogens with one attached hydrogen (secondary N) is 1. The van der Waals surface area contributed by atoms with E-state index in [1.807, 2.05) is 43.3 Å². The van der Waals surface area contributed by atoms with E-state index in [9.17, 15) is 14.4 Å². The van der Waals surface area contributed by atoms with Crippen molar-refractivity contribution in [3.05, 3.63) is 87.8 Å². The Labute approximate surface area is 229 Å². The lowest BCUT2D eigenvalue weighted by Crippen LogP contribution is -2.32. The minimum atomic E-state index is -0.417. The molecule has 1 N–H and O–H groups in total. The average Bonchev–Trinajstić information content (AvgIpc) is 3.15. The number of rotatable bonds is 10. The molecular weight excluding hydrogens is 528 g/mol. The van der Waals surface area contributed by atoms with Crippen molar-refractivity contribution in [3.63, 3.8) is 0 Å². The quantitative estimate of drug-likeness (QED) is 0.318. The van der Waals surface area contributed by atoms with E-state index in [1.165, 1.54) is 7.11 Å². The number of benzene rings is 3.